The Bertz CT molecular complexity index is 357. The van der Waals surface area contributed by atoms with Crippen LogP contribution in [0.25, 0.3) is 0 Å². The largest absolute Gasteiger partial charge is 0.469 e. The number of allylic oxidation sites excluding steroid dienone is 4. The average Bonchev–Trinajstić information content (AvgIpc) is 2.65. The molecule has 2 heteroatoms. The molecule has 0 fully saturated rings. The van der Waals surface area contributed by atoms with Crippen LogP contribution in [0.5, 0.6) is 0 Å². The monoisotopic (exact) mass is 348 g/mol. The minimum atomic E-state index is -0.170. The maximum absolute atomic E-state index is 5.64. The first-order valence-corrected chi connectivity index (χ1v) is 10.7. The van der Waals surface area contributed by atoms with Crippen molar-refractivity contribution in [3.63, 3.8) is 0 Å². The third-order valence-corrected chi connectivity index (χ3v) is 4.61. The summed E-state index contributed by atoms with van der Waals surface area (Å²) in [5.41, 5.74) is 0. The van der Waals surface area contributed by atoms with Crippen molar-refractivity contribution < 1.29 is 9.47 Å². The lowest BCUT2D eigenvalue weighted by Crippen LogP contribution is -2.13. The van der Waals surface area contributed by atoms with E-state index >= 15 is 0 Å². The summed E-state index contributed by atoms with van der Waals surface area (Å²) in [6.07, 6.45) is 30.8. The Morgan fingerprint density at radius 2 is 1.36 bits per heavy atom. The maximum Gasteiger partial charge on any atom is 0.219 e. The summed E-state index contributed by atoms with van der Waals surface area (Å²) in [6, 6.07) is 0. The first-order chi connectivity index (χ1) is 12.4. The van der Waals surface area contributed by atoms with Crippen LogP contribution in [-0.4, -0.2) is 12.9 Å². The van der Waals surface area contributed by atoms with Gasteiger partial charge in [-0.2, -0.15) is 0 Å². The first kappa shape index (κ1) is 22.0. The van der Waals surface area contributed by atoms with Crippen LogP contribution in [0, 0.1) is 0 Å². The van der Waals surface area contributed by atoms with Gasteiger partial charge in [-0.1, -0.05) is 89.4 Å². The topological polar surface area (TPSA) is 18.5 Å². The van der Waals surface area contributed by atoms with Crippen LogP contribution in [0.3, 0.4) is 0 Å². The molecule has 0 N–H and O–H groups in total. The fourth-order valence-electron chi connectivity index (χ4n) is 3.00. The highest BCUT2D eigenvalue weighted by atomic mass is 16.7. The van der Waals surface area contributed by atoms with Gasteiger partial charge < -0.3 is 9.47 Å². The molecule has 1 aliphatic heterocycles. The third-order valence-electron chi connectivity index (χ3n) is 4.61. The minimum absolute atomic E-state index is 0.170. The van der Waals surface area contributed by atoms with Crippen LogP contribution < -0.4 is 0 Å². The molecular weight excluding hydrogens is 308 g/mol. The van der Waals surface area contributed by atoms with E-state index in [1.54, 1.807) is 6.26 Å². The predicted molar refractivity (Wildman–Crippen MR) is 109 cm³/mol. The van der Waals surface area contributed by atoms with Crippen LogP contribution in [-0.2, 0) is 9.47 Å². The van der Waals surface area contributed by atoms with Crippen molar-refractivity contribution in [2.75, 3.05) is 6.61 Å². The second kappa shape index (κ2) is 17.8. The van der Waals surface area contributed by atoms with Gasteiger partial charge >= 0.3 is 0 Å². The average molecular weight is 349 g/mol. The lowest BCUT2D eigenvalue weighted by molar-refractivity contribution is -0.0750. The summed E-state index contributed by atoms with van der Waals surface area (Å²) in [7, 11) is 0. The summed E-state index contributed by atoms with van der Waals surface area (Å²) in [6.45, 7) is 3.06. The molecule has 0 aliphatic carbocycles. The van der Waals surface area contributed by atoms with E-state index in [4.69, 9.17) is 9.47 Å². The second-order valence-corrected chi connectivity index (χ2v) is 7.03. The van der Waals surface area contributed by atoms with Crippen molar-refractivity contribution in [2.24, 2.45) is 0 Å². The van der Waals surface area contributed by atoms with Gasteiger partial charge in [-0.3, -0.25) is 0 Å². The van der Waals surface area contributed by atoms with E-state index in [9.17, 15) is 0 Å². The predicted octanol–water partition coefficient (Wildman–Crippen LogP) is 7.47. The zero-order valence-electron chi connectivity index (χ0n) is 16.5. The molecule has 144 valence electrons. The van der Waals surface area contributed by atoms with Crippen molar-refractivity contribution in [3.05, 3.63) is 36.6 Å². The van der Waals surface area contributed by atoms with E-state index in [0.29, 0.717) is 0 Å². The highest BCUT2D eigenvalue weighted by Gasteiger charge is 2.04. The Kier molecular flexibility index (Phi) is 15.7. The van der Waals surface area contributed by atoms with Gasteiger partial charge in [0.1, 0.15) is 0 Å². The number of hydrogen-bond acceptors (Lipinski definition) is 2. The standard InChI is InChI=1S/C23H40O2/c1-2-3-4-5-6-7-8-9-10-11-12-13-14-15-16-18-21-24-23-20-17-19-22-25-23/h5-6,17,19-20,22-23H,2-4,7-16,18,21H2,1H3. The van der Waals surface area contributed by atoms with Gasteiger partial charge in [0.25, 0.3) is 0 Å². The van der Waals surface area contributed by atoms with E-state index in [1.807, 2.05) is 18.2 Å². The number of rotatable bonds is 17. The van der Waals surface area contributed by atoms with Gasteiger partial charge in [0.05, 0.1) is 12.9 Å². The SMILES string of the molecule is CCCCC=CCCCCCCCCCCCCOC1C=CC=CO1. The minimum Gasteiger partial charge on any atom is -0.469 e. The molecule has 0 aromatic carbocycles. The molecule has 0 amide bonds. The molecule has 0 spiro atoms. The van der Waals surface area contributed by atoms with Gasteiger partial charge in [0.15, 0.2) is 0 Å². The highest BCUT2D eigenvalue weighted by Crippen LogP contribution is 2.12. The summed E-state index contributed by atoms with van der Waals surface area (Å²) in [5, 5.41) is 0. The highest BCUT2D eigenvalue weighted by molar-refractivity contribution is 5.05. The van der Waals surface area contributed by atoms with Gasteiger partial charge in [-0.25, -0.2) is 0 Å². The van der Waals surface area contributed by atoms with E-state index in [-0.39, 0.29) is 6.29 Å². The van der Waals surface area contributed by atoms with Crippen LogP contribution in [0.15, 0.2) is 36.6 Å². The normalized spacial score (nSPS) is 16.6. The Balaban J connectivity index is 1.70. The molecule has 0 aromatic heterocycles. The lowest BCUT2D eigenvalue weighted by atomic mass is 10.1. The van der Waals surface area contributed by atoms with E-state index in [2.05, 4.69) is 19.1 Å². The van der Waals surface area contributed by atoms with Crippen molar-refractivity contribution >= 4 is 0 Å². The Hall–Kier alpha value is -1.02. The summed E-state index contributed by atoms with van der Waals surface area (Å²) >= 11 is 0. The fraction of sp³-hybridized carbons (Fsp3) is 0.739. The van der Waals surface area contributed by atoms with E-state index in [0.717, 1.165) is 13.0 Å². The molecule has 0 saturated carbocycles. The van der Waals surface area contributed by atoms with Crippen molar-refractivity contribution in [1.29, 1.82) is 0 Å². The Morgan fingerprint density at radius 3 is 1.96 bits per heavy atom. The zero-order valence-corrected chi connectivity index (χ0v) is 16.5. The van der Waals surface area contributed by atoms with Crippen LogP contribution in [0.2, 0.25) is 0 Å². The molecule has 0 aromatic rings. The molecule has 1 unspecified atom stereocenters. The van der Waals surface area contributed by atoms with Crippen LogP contribution in [0.4, 0.5) is 0 Å². The Morgan fingerprint density at radius 1 is 0.760 bits per heavy atom. The number of unbranched alkanes of at least 4 members (excludes halogenated alkanes) is 12. The fourth-order valence-corrected chi connectivity index (χ4v) is 3.00. The summed E-state index contributed by atoms with van der Waals surface area (Å²) in [4.78, 5) is 0. The smallest absolute Gasteiger partial charge is 0.219 e. The molecule has 2 nitrogen and oxygen atoms in total. The summed E-state index contributed by atoms with van der Waals surface area (Å²) < 4.78 is 11.0. The number of ether oxygens (including phenoxy) is 2. The van der Waals surface area contributed by atoms with Crippen LogP contribution >= 0.6 is 0 Å². The summed E-state index contributed by atoms with van der Waals surface area (Å²) in [5.74, 6) is 0. The van der Waals surface area contributed by atoms with Gasteiger partial charge in [0, 0.05) is 0 Å². The molecular formula is C23H40O2. The lowest BCUT2D eigenvalue weighted by Gasteiger charge is -2.15. The van der Waals surface area contributed by atoms with Crippen molar-refractivity contribution in [2.45, 2.75) is 103 Å². The quantitative estimate of drug-likeness (QED) is 0.200. The van der Waals surface area contributed by atoms with Crippen molar-refractivity contribution in [3.8, 4) is 0 Å². The van der Waals surface area contributed by atoms with Gasteiger partial charge in [0.2, 0.25) is 6.29 Å². The maximum atomic E-state index is 5.64. The molecule has 1 aliphatic rings. The second-order valence-electron chi connectivity index (χ2n) is 7.03. The first-order valence-electron chi connectivity index (χ1n) is 10.7. The van der Waals surface area contributed by atoms with E-state index < -0.39 is 0 Å². The van der Waals surface area contributed by atoms with Crippen LogP contribution in [0.1, 0.15) is 96.8 Å². The van der Waals surface area contributed by atoms with Crippen molar-refractivity contribution in [1.82, 2.24) is 0 Å². The Labute approximate surface area is 156 Å². The third kappa shape index (κ3) is 15.0. The molecule has 0 saturated heterocycles. The molecule has 0 bridgehead atoms. The molecule has 1 heterocycles. The van der Waals surface area contributed by atoms with E-state index in [1.165, 1.54) is 83.5 Å². The molecule has 1 rings (SSSR count). The molecule has 1 atom stereocenters. The molecule has 25 heavy (non-hydrogen) atoms. The molecule has 0 radical (unpaired) electrons. The van der Waals surface area contributed by atoms with Gasteiger partial charge in [-0.15, -0.1) is 0 Å². The number of hydrogen-bond donors (Lipinski definition) is 0. The zero-order chi connectivity index (χ0) is 17.8. The van der Waals surface area contributed by atoms with Gasteiger partial charge in [-0.05, 0) is 37.8 Å².